The number of rotatable bonds is 7. The van der Waals surface area contributed by atoms with Crippen molar-refractivity contribution in [2.24, 2.45) is 5.73 Å². The number of nitrogens with zero attached hydrogens (tertiary/aromatic N) is 1. The van der Waals surface area contributed by atoms with E-state index in [9.17, 15) is 14.4 Å². The number of primary amides is 1. The van der Waals surface area contributed by atoms with Crippen molar-refractivity contribution in [2.45, 2.75) is 25.1 Å². The molecular formula is C15H19N3O6. The lowest BCUT2D eigenvalue weighted by atomic mass is 10.1. The van der Waals surface area contributed by atoms with E-state index in [4.69, 9.17) is 20.7 Å². The molecule has 0 spiro atoms. The first kappa shape index (κ1) is 17.7. The van der Waals surface area contributed by atoms with Gasteiger partial charge in [-0.15, -0.1) is 0 Å². The maximum atomic E-state index is 12.4. The van der Waals surface area contributed by atoms with Crippen molar-refractivity contribution in [3.63, 3.8) is 0 Å². The summed E-state index contributed by atoms with van der Waals surface area (Å²) in [5.41, 5.74) is 5.65. The van der Waals surface area contributed by atoms with E-state index in [0.29, 0.717) is 11.3 Å². The van der Waals surface area contributed by atoms with Gasteiger partial charge in [-0.25, -0.2) is 9.69 Å². The summed E-state index contributed by atoms with van der Waals surface area (Å²) >= 11 is 0. The normalized spacial score (nSPS) is 18.7. The van der Waals surface area contributed by atoms with Gasteiger partial charge >= 0.3 is 6.03 Å². The number of carbonyl (C=O) groups excluding carboxylic acids is 3. The summed E-state index contributed by atoms with van der Waals surface area (Å²) in [7, 11) is 0. The predicted molar refractivity (Wildman–Crippen MR) is 81.8 cm³/mol. The van der Waals surface area contributed by atoms with Crippen LogP contribution in [0.3, 0.4) is 0 Å². The molecule has 1 unspecified atom stereocenters. The average molecular weight is 337 g/mol. The Hall–Kier alpha value is -2.65. The van der Waals surface area contributed by atoms with Gasteiger partial charge in [0.05, 0.1) is 13.2 Å². The molecule has 1 fully saturated rings. The molecule has 1 aliphatic rings. The Bertz CT molecular complexity index is 629. The van der Waals surface area contributed by atoms with Gasteiger partial charge in [-0.3, -0.25) is 9.59 Å². The second-order valence-electron chi connectivity index (χ2n) is 5.34. The van der Waals surface area contributed by atoms with Crippen molar-refractivity contribution >= 4 is 17.8 Å². The lowest BCUT2D eigenvalue weighted by molar-refractivity contribution is -0.134. The number of carbonyl (C=O) groups is 3. The number of ether oxygens (including phenoxy) is 1. The average Bonchev–Trinajstić information content (AvgIpc) is 2.87. The number of nitrogens with one attached hydrogen (secondary N) is 1. The largest absolute Gasteiger partial charge is 0.486 e. The monoisotopic (exact) mass is 337 g/mol. The van der Waals surface area contributed by atoms with Crippen LogP contribution in [-0.4, -0.2) is 58.3 Å². The van der Waals surface area contributed by atoms with Crippen LogP contribution in [0.25, 0.3) is 0 Å². The minimum Gasteiger partial charge on any atom is -0.486 e. The topological polar surface area (TPSA) is 142 Å². The molecule has 0 saturated carbocycles. The van der Waals surface area contributed by atoms with Crippen molar-refractivity contribution in [1.29, 1.82) is 0 Å². The van der Waals surface area contributed by atoms with Gasteiger partial charge in [0, 0.05) is 0 Å². The van der Waals surface area contributed by atoms with Crippen LogP contribution in [0.5, 0.6) is 5.75 Å². The van der Waals surface area contributed by atoms with Crippen molar-refractivity contribution in [2.75, 3.05) is 13.2 Å². The van der Waals surface area contributed by atoms with Crippen LogP contribution in [0.2, 0.25) is 0 Å². The van der Waals surface area contributed by atoms with E-state index >= 15 is 0 Å². The zero-order valence-corrected chi connectivity index (χ0v) is 13.0. The Morgan fingerprint density at radius 3 is 2.38 bits per heavy atom. The Morgan fingerprint density at radius 2 is 1.88 bits per heavy atom. The summed E-state index contributed by atoms with van der Waals surface area (Å²) in [5, 5.41) is 20.5. The van der Waals surface area contributed by atoms with Gasteiger partial charge in [0.1, 0.15) is 23.9 Å². The highest BCUT2D eigenvalue weighted by Gasteiger charge is 2.43. The highest BCUT2D eigenvalue weighted by atomic mass is 16.5. The number of aliphatic hydroxyl groups is 2. The first-order chi connectivity index (χ1) is 11.4. The number of amides is 4. The third kappa shape index (κ3) is 3.47. The molecule has 1 aliphatic heterocycles. The second kappa shape index (κ2) is 7.28. The smallest absolute Gasteiger partial charge is 0.325 e. The van der Waals surface area contributed by atoms with E-state index in [1.807, 2.05) is 0 Å². The first-order valence-corrected chi connectivity index (χ1v) is 7.30. The molecular weight excluding hydrogens is 318 g/mol. The summed E-state index contributed by atoms with van der Waals surface area (Å²) < 4.78 is 5.33. The third-order valence-corrected chi connectivity index (χ3v) is 3.69. The lowest BCUT2D eigenvalue weighted by Gasteiger charge is -2.18. The van der Waals surface area contributed by atoms with Crippen LogP contribution in [-0.2, 0) is 9.59 Å². The Morgan fingerprint density at radius 1 is 1.29 bits per heavy atom. The van der Waals surface area contributed by atoms with E-state index in [1.165, 1.54) is 6.92 Å². The molecule has 2 atom stereocenters. The number of hydrogen-bond acceptors (Lipinski definition) is 6. The van der Waals surface area contributed by atoms with Gasteiger partial charge in [-0.2, -0.15) is 0 Å². The van der Waals surface area contributed by atoms with Crippen LogP contribution < -0.4 is 15.8 Å². The predicted octanol–water partition coefficient (Wildman–Crippen LogP) is -1.11. The van der Waals surface area contributed by atoms with Gasteiger partial charge < -0.3 is 26.0 Å². The fourth-order valence-corrected chi connectivity index (χ4v) is 2.28. The second-order valence-corrected chi connectivity index (χ2v) is 5.34. The molecule has 24 heavy (non-hydrogen) atoms. The van der Waals surface area contributed by atoms with Gasteiger partial charge in [0.2, 0.25) is 5.91 Å². The summed E-state index contributed by atoms with van der Waals surface area (Å²) in [6, 6.07) is 3.60. The van der Waals surface area contributed by atoms with Gasteiger partial charge in [-0.1, -0.05) is 12.1 Å². The van der Waals surface area contributed by atoms with Crippen LogP contribution in [0, 0.1) is 0 Å². The van der Waals surface area contributed by atoms with Crippen LogP contribution in [0.1, 0.15) is 18.5 Å². The van der Waals surface area contributed by atoms with Crippen LogP contribution >= 0.6 is 0 Å². The van der Waals surface area contributed by atoms with E-state index in [-0.39, 0.29) is 13.2 Å². The number of aliphatic hydroxyl groups excluding tert-OH is 2. The fourth-order valence-electron chi connectivity index (χ4n) is 2.28. The maximum Gasteiger partial charge on any atom is 0.325 e. The van der Waals surface area contributed by atoms with Crippen molar-refractivity contribution in [1.82, 2.24) is 10.2 Å². The summed E-state index contributed by atoms with van der Waals surface area (Å²) in [6.07, 6.45) is -0.740. The molecule has 1 aromatic carbocycles. The molecule has 130 valence electrons. The molecule has 1 aromatic rings. The molecule has 9 heteroatoms. The summed E-state index contributed by atoms with van der Waals surface area (Å²) in [6.45, 7) is 0.702. The molecule has 1 heterocycles. The molecule has 5 N–H and O–H groups in total. The van der Waals surface area contributed by atoms with Crippen LogP contribution in [0.4, 0.5) is 4.79 Å². The minimum atomic E-state index is -1.04. The third-order valence-electron chi connectivity index (χ3n) is 3.69. The van der Waals surface area contributed by atoms with Crippen LogP contribution in [0.15, 0.2) is 24.3 Å². The van der Waals surface area contributed by atoms with E-state index < -0.39 is 36.0 Å². The first-order valence-electron chi connectivity index (χ1n) is 7.30. The zero-order chi connectivity index (χ0) is 17.9. The Labute approximate surface area is 138 Å². The maximum absolute atomic E-state index is 12.4. The zero-order valence-electron chi connectivity index (χ0n) is 13.0. The molecule has 0 bridgehead atoms. The quantitative estimate of drug-likeness (QED) is 0.465. The molecule has 9 nitrogen and oxygen atoms in total. The standard InChI is InChI=1S/C15H19N3O6/c1-8(13(16)21)18-14(22)12(17-15(18)23)9-2-4-10(5-3-9)24-11(6-19)7-20/h2-5,8,11-12,19-20H,6-7H2,1H3,(H2,16,21)(H,17,23)/t8?,12-/m1/s1. The highest BCUT2D eigenvalue weighted by molar-refractivity contribution is 6.07. The Balaban J connectivity index is 2.13. The van der Waals surface area contributed by atoms with Gasteiger partial charge in [0.25, 0.3) is 5.91 Å². The SMILES string of the molecule is CC(C(N)=O)N1C(=O)N[C@H](c2ccc(OC(CO)CO)cc2)C1=O. The fraction of sp³-hybridized carbons (Fsp3) is 0.400. The molecule has 4 amide bonds. The van der Waals surface area contributed by atoms with E-state index in [1.54, 1.807) is 24.3 Å². The van der Waals surface area contributed by atoms with Crippen molar-refractivity contribution in [3.8, 4) is 5.75 Å². The Kier molecular flexibility index (Phi) is 5.37. The van der Waals surface area contributed by atoms with Crippen molar-refractivity contribution < 1.29 is 29.3 Å². The number of imide groups is 1. The molecule has 0 radical (unpaired) electrons. The lowest BCUT2D eigenvalue weighted by Crippen LogP contribution is -2.46. The highest BCUT2D eigenvalue weighted by Crippen LogP contribution is 2.25. The van der Waals surface area contributed by atoms with Gasteiger partial charge in [-0.05, 0) is 24.6 Å². The number of urea groups is 1. The van der Waals surface area contributed by atoms with E-state index in [2.05, 4.69) is 5.32 Å². The molecule has 1 saturated heterocycles. The molecule has 2 rings (SSSR count). The molecule has 0 aromatic heterocycles. The number of nitrogens with two attached hydrogens (primary N) is 1. The van der Waals surface area contributed by atoms with Crippen molar-refractivity contribution in [3.05, 3.63) is 29.8 Å². The summed E-state index contributed by atoms with van der Waals surface area (Å²) in [5.74, 6) is -0.948. The minimum absolute atomic E-state index is 0.338. The van der Waals surface area contributed by atoms with E-state index in [0.717, 1.165) is 4.90 Å². The summed E-state index contributed by atoms with van der Waals surface area (Å²) in [4.78, 5) is 36.3. The number of hydrogen-bond donors (Lipinski definition) is 4. The molecule has 0 aliphatic carbocycles. The number of benzene rings is 1. The van der Waals surface area contributed by atoms with Gasteiger partial charge in [0.15, 0.2) is 0 Å².